The normalized spacial score (nSPS) is 10.3. The molecule has 0 unspecified atom stereocenters. The topological polar surface area (TPSA) is 30.2 Å². The van der Waals surface area contributed by atoms with E-state index >= 15 is 0 Å². The molecule has 1 aromatic heterocycles. The molecule has 0 spiro atoms. The minimum Gasteiger partial charge on any atom is -0.453 e. The van der Waals surface area contributed by atoms with Crippen LogP contribution in [-0.4, -0.2) is 5.78 Å². The highest BCUT2D eigenvalue weighted by Gasteiger charge is 2.07. The van der Waals surface area contributed by atoms with Crippen molar-refractivity contribution in [3.05, 3.63) is 46.6 Å². The molecular weight excluding hydrogens is 256 g/mol. The summed E-state index contributed by atoms with van der Waals surface area (Å²) in [4.78, 5) is 11.1. The largest absolute Gasteiger partial charge is 0.453 e. The van der Waals surface area contributed by atoms with Gasteiger partial charge in [0.1, 0.15) is 5.76 Å². The fourth-order valence-corrected chi connectivity index (χ4v) is 1.72. The molecule has 0 amide bonds. The Morgan fingerprint density at radius 2 is 2.07 bits per heavy atom. The molecule has 76 valence electrons. The fraction of sp³-hybridized carbons (Fsp3) is 0.0833. The van der Waals surface area contributed by atoms with E-state index < -0.39 is 0 Å². The second-order valence-electron chi connectivity index (χ2n) is 3.23. The van der Waals surface area contributed by atoms with Crippen LogP contribution in [0.15, 0.2) is 45.3 Å². The third-order valence-electron chi connectivity index (χ3n) is 2.06. The van der Waals surface area contributed by atoms with Gasteiger partial charge in [0, 0.05) is 17.0 Å². The number of furan rings is 1. The monoisotopic (exact) mass is 264 g/mol. The molecule has 2 nitrogen and oxygen atoms in total. The van der Waals surface area contributed by atoms with Crippen LogP contribution in [0.4, 0.5) is 0 Å². The molecule has 0 bridgehead atoms. The van der Waals surface area contributed by atoms with Crippen molar-refractivity contribution in [3.8, 4) is 11.3 Å². The van der Waals surface area contributed by atoms with Gasteiger partial charge in [-0.25, -0.2) is 0 Å². The van der Waals surface area contributed by atoms with Crippen molar-refractivity contribution >= 4 is 21.7 Å². The number of ketones is 1. The van der Waals surface area contributed by atoms with Crippen molar-refractivity contribution in [2.45, 2.75) is 6.92 Å². The van der Waals surface area contributed by atoms with Crippen molar-refractivity contribution in [3.63, 3.8) is 0 Å². The second kappa shape index (κ2) is 4.03. The van der Waals surface area contributed by atoms with Crippen LogP contribution in [-0.2, 0) is 0 Å². The minimum atomic E-state index is -0.0590. The zero-order valence-electron chi connectivity index (χ0n) is 8.16. The maximum Gasteiger partial charge on any atom is 0.194 e. The molecule has 2 rings (SSSR count). The SMILES string of the molecule is CC(=O)c1ccc(-c2cccc(Br)c2)o1. The summed E-state index contributed by atoms with van der Waals surface area (Å²) in [5.41, 5.74) is 0.955. The van der Waals surface area contributed by atoms with Gasteiger partial charge in [0.25, 0.3) is 0 Å². The molecule has 0 atom stereocenters. The van der Waals surface area contributed by atoms with Gasteiger partial charge in [0.15, 0.2) is 11.5 Å². The molecule has 0 saturated carbocycles. The predicted octanol–water partition coefficient (Wildman–Crippen LogP) is 3.91. The maximum absolute atomic E-state index is 11.1. The Hall–Kier alpha value is -1.35. The smallest absolute Gasteiger partial charge is 0.194 e. The Labute approximate surface area is 96.0 Å². The summed E-state index contributed by atoms with van der Waals surface area (Å²) in [6.07, 6.45) is 0. The third kappa shape index (κ3) is 2.18. The van der Waals surface area contributed by atoms with Crippen LogP contribution in [0.2, 0.25) is 0 Å². The number of carbonyl (C=O) groups excluding carboxylic acids is 1. The number of halogens is 1. The molecule has 15 heavy (non-hydrogen) atoms. The van der Waals surface area contributed by atoms with Gasteiger partial charge in [-0.15, -0.1) is 0 Å². The molecule has 0 saturated heterocycles. The van der Waals surface area contributed by atoms with Crippen molar-refractivity contribution < 1.29 is 9.21 Å². The fourth-order valence-electron chi connectivity index (χ4n) is 1.32. The standard InChI is InChI=1S/C12H9BrO2/c1-8(14)11-5-6-12(15-11)9-3-2-4-10(13)7-9/h2-7H,1H3. The summed E-state index contributed by atoms with van der Waals surface area (Å²) in [5, 5.41) is 0. The lowest BCUT2D eigenvalue weighted by Gasteiger charge is -1.97. The van der Waals surface area contributed by atoms with E-state index in [2.05, 4.69) is 15.9 Å². The van der Waals surface area contributed by atoms with Gasteiger partial charge in [-0.2, -0.15) is 0 Å². The first kappa shape index (κ1) is 10.2. The molecule has 1 aromatic carbocycles. The lowest BCUT2D eigenvalue weighted by atomic mass is 10.2. The Morgan fingerprint density at radius 1 is 1.27 bits per heavy atom. The molecule has 0 aliphatic rings. The molecule has 0 aliphatic heterocycles. The molecule has 0 N–H and O–H groups in total. The number of rotatable bonds is 2. The number of Topliss-reactive ketones (excluding diaryl/α,β-unsaturated/α-hetero) is 1. The second-order valence-corrected chi connectivity index (χ2v) is 4.15. The van der Waals surface area contributed by atoms with E-state index in [1.807, 2.05) is 24.3 Å². The van der Waals surface area contributed by atoms with E-state index in [4.69, 9.17) is 4.42 Å². The number of carbonyl (C=O) groups is 1. The molecule has 1 heterocycles. The Morgan fingerprint density at radius 3 is 2.67 bits per heavy atom. The van der Waals surface area contributed by atoms with Gasteiger partial charge in [0.05, 0.1) is 0 Å². The van der Waals surface area contributed by atoms with E-state index in [0.29, 0.717) is 11.5 Å². The maximum atomic E-state index is 11.1. The van der Waals surface area contributed by atoms with Crippen molar-refractivity contribution in [2.75, 3.05) is 0 Å². The quantitative estimate of drug-likeness (QED) is 0.770. The Balaban J connectivity index is 2.41. The summed E-state index contributed by atoms with van der Waals surface area (Å²) < 4.78 is 6.40. The van der Waals surface area contributed by atoms with Crippen molar-refractivity contribution in [2.24, 2.45) is 0 Å². The van der Waals surface area contributed by atoms with Gasteiger partial charge in [-0.05, 0) is 24.3 Å². The summed E-state index contributed by atoms with van der Waals surface area (Å²) >= 11 is 3.39. The summed E-state index contributed by atoms with van der Waals surface area (Å²) in [5.74, 6) is 1.04. The molecule has 3 heteroatoms. The van der Waals surface area contributed by atoms with E-state index in [1.165, 1.54) is 6.92 Å². The van der Waals surface area contributed by atoms with Crippen LogP contribution < -0.4 is 0 Å². The zero-order valence-corrected chi connectivity index (χ0v) is 9.74. The number of hydrogen-bond donors (Lipinski definition) is 0. The highest BCUT2D eigenvalue weighted by Crippen LogP contribution is 2.24. The van der Waals surface area contributed by atoms with Gasteiger partial charge < -0.3 is 4.42 Å². The Bertz CT molecular complexity index is 500. The van der Waals surface area contributed by atoms with Crippen LogP contribution in [0.3, 0.4) is 0 Å². The van der Waals surface area contributed by atoms with Crippen LogP contribution in [0.25, 0.3) is 11.3 Å². The summed E-state index contributed by atoms with van der Waals surface area (Å²) in [6, 6.07) is 11.3. The summed E-state index contributed by atoms with van der Waals surface area (Å²) in [7, 11) is 0. The molecule has 2 aromatic rings. The zero-order chi connectivity index (χ0) is 10.8. The van der Waals surface area contributed by atoms with Gasteiger partial charge in [-0.1, -0.05) is 28.1 Å². The highest BCUT2D eigenvalue weighted by atomic mass is 79.9. The number of benzene rings is 1. The van der Waals surface area contributed by atoms with Crippen LogP contribution >= 0.6 is 15.9 Å². The lowest BCUT2D eigenvalue weighted by molar-refractivity contribution is 0.0988. The van der Waals surface area contributed by atoms with Crippen LogP contribution in [0, 0.1) is 0 Å². The average Bonchev–Trinajstić information content (AvgIpc) is 2.66. The molecule has 0 radical (unpaired) electrons. The molecular formula is C12H9BrO2. The first-order valence-corrected chi connectivity index (χ1v) is 5.33. The Kier molecular flexibility index (Phi) is 2.73. The lowest BCUT2D eigenvalue weighted by Crippen LogP contribution is -1.86. The summed E-state index contributed by atoms with van der Waals surface area (Å²) in [6.45, 7) is 1.49. The third-order valence-corrected chi connectivity index (χ3v) is 2.56. The molecule has 0 fully saturated rings. The average molecular weight is 265 g/mol. The number of hydrogen-bond acceptors (Lipinski definition) is 2. The first-order valence-electron chi connectivity index (χ1n) is 4.53. The van der Waals surface area contributed by atoms with Gasteiger partial charge in [-0.3, -0.25) is 4.79 Å². The van der Waals surface area contributed by atoms with Crippen LogP contribution in [0.1, 0.15) is 17.5 Å². The van der Waals surface area contributed by atoms with Crippen molar-refractivity contribution in [1.29, 1.82) is 0 Å². The van der Waals surface area contributed by atoms with E-state index in [9.17, 15) is 4.79 Å². The van der Waals surface area contributed by atoms with E-state index in [1.54, 1.807) is 12.1 Å². The predicted molar refractivity (Wildman–Crippen MR) is 61.8 cm³/mol. The van der Waals surface area contributed by atoms with E-state index in [0.717, 1.165) is 10.0 Å². The van der Waals surface area contributed by atoms with Gasteiger partial charge >= 0.3 is 0 Å². The van der Waals surface area contributed by atoms with Crippen molar-refractivity contribution in [1.82, 2.24) is 0 Å². The molecule has 0 aliphatic carbocycles. The first-order chi connectivity index (χ1) is 7.16. The minimum absolute atomic E-state index is 0.0590. The van der Waals surface area contributed by atoms with Crippen LogP contribution in [0.5, 0.6) is 0 Å². The highest BCUT2D eigenvalue weighted by molar-refractivity contribution is 9.10. The van der Waals surface area contributed by atoms with Gasteiger partial charge in [0.2, 0.25) is 0 Å². The van der Waals surface area contributed by atoms with E-state index in [-0.39, 0.29) is 5.78 Å².